The minimum absolute atomic E-state index is 0.0351. The summed E-state index contributed by atoms with van der Waals surface area (Å²) in [5.74, 6) is 1.94. The van der Waals surface area contributed by atoms with Gasteiger partial charge in [-0.3, -0.25) is 0 Å². The van der Waals surface area contributed by atoms with Crippen LogP contribution < -0.4 is 20.9 Å². The highest BCUT2D eigenvalue weighted by Crippen LogP contribution is 2.34. The zero-order valence-corrected chi connectivity index (χ0v) is 15.6. The van der Waals surface area contributed by atoms with Crippen LogP contribution in [-0.4, -0.2) is 17.1 Å². The third-order valence-electron chi connectivity index (χ3n) is 4.35. The monoisotopic (exact) mass is 364 g/mol. The second-order valence-corrected chi connectivity index (χ2v) is 6.23. The van der Waals surface area contributed by atoms with E-state index in [9.17, 15) is 0 Å². The molecule has 1 heterocycles. The van der Waals surface area contributed by atoms with E-state index in [0.29, 0.717) is 23.7 Å². The topological polar surface area (TPSA) is 96.3 Å². The summed E-state index contributed by atoms with van der Waals surface area (Å²) in [7, 11) is 1.64. The normalized spacial score (nSPS) is 11.8. The lowest BCUT2D eigenvalue weighted by Crippen LogP contribution is -2.07. The van der Waals surface area contributed by atoms with Gasteiger partial charge in [-0.1, -0.05) is 43.3 Å². The summed E-state index contributed by atoms with van der Waals surface area (Å²) >= 11 is 0. The minimum atomic E-state index is -0.0351. The smallest absolute Gasteiger partial charge is 0.221 e. The number of hydrogen-bond acceptors (Lipinski definition) is 6. The molecule has 1 atom stereocenters. The number of ether oxygens (including phenoxy) is 2. The summed E-state index contributed by atoms with van der Waals surface area (Å²) in [5.41, 5.74) is 14.5. The van der Waals surface area contributed by atoms with Crippen molar-refractivity contribution in [1.82, 2.24) is 9.97 Å². The molecule has 0 fully saturated rings. The van der Waals surface area contributed by atoms with Gasteiger partial charge in [0.25, 0.3) is 0 Å². The Morgan fingerprint density at radius 1 is 1.04 bits per heavy atom. The van der Waals surface area contributed by atoms with Crippen LogP contribution >= 0.6 is 0 Å². The number of methoxy groups -OCH3 is 1. The van der Waals surface area contributed by atoms with Crippen molar-refractivity contribution in [3.63, 3.8) is 0 Å². The molecule has 1 unspecified atom stereocenters. The number of hydrogen-bond donors (Lipinski definition) is 2. The fourth-order valence-electron chi connectivity index (χ4n) is 2.92. The van der Waals surface area contributed by atoms with E-state index in [2.05, 4.69) is 29.0 Å². The number of rotatable bonds is 7. The first-order valence-corrected chi connectivity index (χ1v) is 8.86. The van der Waals surface area contributed by atoms with Gasteiger partial charge in [-0.25, -0.2) is 4.98 Å². The molecule has 0 saturated heterocycles. The first kappa shape index (κ1) is 18.5. The zero-order valence-electron chi connectivity index (χ0n) is 15.6. The molecule has 0 aliphatic rings. The van der Waals surface area contributed by atoms with Crippen LogP contribution in [0.2, 0.25) is 0 Å². The summed E-state index contributed by atoms with van der Waals surface area (Å²) in [6, 6.07) is 16.0. The molecule has 0 amide bonds. The largest absolute Gasteiger partial charge is 0.493 e. The minimum Gasteiger partial charge on any atom is -0.493 e. The number of nitrogens with zero attached hydrogens (tertiary/aromatic N) is 2. The molecule has 3 rings (SSSR count). The molecule has 0 aliphatic carbocycles. The van der Waals surface area contributed by atoms with Crippen LogP contribution in [0.1, 0.15) is 36.1 Å². The molecule has 27 heavy (non-hydrogen) atoms. The van der Waals surface area contributed by atoms with Crippen LogP contribution in [0.4, 0.5) is 11.8 Å². The van der Waals surface area contributed by atoms with Crippen molar-refractivity contribution < 1.29 is 9.47 Å². The Labute approximate surface area is 159 Å². The molecule has 0 aliphatic heterocycles. The van der Waals surface area contributed by atoms with Crippen LogP contribution in [0.5, 0.6) is 11.5 Å². The Balaban J connectivity index is 1.81. The molecule has 0 saturated carbocycles. The third kappa shape index (κ3) is 4.47. The molecule has 3 aromatic rings. The Kier molecular flexibility index (Phi) is 5.76. The maximum absolute atomic E-state index is 6.23. The molecule has 0 radical (unpaired) electrons. The average Bonchev–Trinajstić information content (AvgIpc) is 2.69. The van der Waals surface area contributed by atoms with Crippen LogP contribution in [0.3, 0.4) is 0 Å². The van der Waals surface area contributed by atoms with Gasteiger partial charge in [0.15, 0.2) is 11.5 Å². The molecule has 6 nitrogen and oxygen atoms in total. The predicted molar refractivity (Wildman–Crippen MR) is 107 cm³/mol. The first-order chi connectivity index (χ1) is 13.1. The van der Waals surface area contributed by atoms with Crippen molar-refractivity contribution in [1.29, 1.82) is 0 Å². The van der Waals surface area contributed by atoms with Gasteiger partial charge in [0.05, 0.1) is 7.11 Å². The van der Waals surface area contributed by atoms with Crippen molar-refractivity contribution in [2.75, 3.05) is 18.6 Å². The quantitative estimate of drug-likeness (QED) is 0.662. The van der Waals surface area contributed by atoms with Gasteiger partial charge in [0, 0.05) is 18.2 Å². The number of nitrogens with two attached hydrogens (primary N) is 2. The number of anilines is 2. The zero-order chi connectivity index (χ0) is 19.2. The fraction of sp³-hybridized carbons (Fsp3) is 0.238. The summed E-state index contributed by atoms with van der Waals surface area (Å²) in [6.45, 7) is 2.10. The van der Waals surface area contributed by atoms with E-state index in [1.807, 2.05) is 36.4 Å². The maximum atomic E-state index is 6.23. The van der Waals surface area contributed by atoms with Crippen LogP contribution in [0.15, 0.2) is 54.7 Å². The van der Waals surface area contributed by atoms with Gasteiger partial charge in [0.1, 0.15) is 11.9 Å². The van der Waals surface area contributed by atoms with Gasteiger partial charge in [-0.2, -0.15) is 4.98 Å². The molecular formula is C21H24N4O2. The summed E-state index contributed by atoms with van der Waals surface area (Å²) in [5, 5.41) is 0. The molecule has 0 spiro atoms. The lowest BCUT2D eigenvalue weighted by molar-refractivity contribution is 0.192. The van der Waals surface area contributed by atoms with E-state index in [1.54, 1.807) is 13.3 Å². The van der Waals surface area contributed by atoms with E-state index in [4.69, 9.17) is 20.9 Å². The fourth-order valence-corrected chi connectivity index (χ4v) is 2.92. The second-order valence-electron chi connectivity index (χ2n) is 6.23. The molecule has 1 aromatic heterocycles. The van der Waals surface area contributed by atoms with Gasteiger partial charge in [-0.15, -0.1) is 0 Å². The Morgan fingerprint density at radius 3 is 2.48 bits per heavy atom. The second kappa shape index (κ2) is 8.40. The Bertz CT molecular complexity index is 900. The van der Waals surface area contributed by atoms with E-state index in [0.717, 1.165) is 23.1 Å². The third-order valence-corrected chi connectivity index (χ3v) is 4.35. The van der Waals surface area contributed by atoms with Crippen molar-refractivity contribution in [2.24, 2.45) is 0 Å². The van der Waals surface area contributed by atoms with Crippen LogP contribution in [0.25, 0.3) is 0 Å². The highest BCUT2D eigenvalue weighted by atomic mass is 16.5. The van der Waals surface area contributed by atoms with Gasteiger partial charge in [-0.05, 0) is 29.7 Å². The van der Waals surface area contributed by atoms with Gasteiger partial charge >= 0.3 is 0 Å². The number of nitrogen functional groups attached to an aromatic ring is 2. The standard InChI is InChI=1S/C21H24N4O2/c1-3-17(15-7-5-4-6-8-15)27-18-10-9-14(12-19(18)26-2)11-16-13-24-21(23)25-20(16)22/h4-10,12-13,17H,3,11H2,1-2H3,(H4,22,23,24,25). The summed E-state index contributed by atoms with van der Waals surface area (Å²) in [4.78, 5) is 8.01. The Morgan fingerprint density at radius 2 is 1.81 bits per heavy atom. The van der Waals surface area contributed by atoms with Crippen LogP contribution in [0, 0.1) is 0 Å². The summed E-state index contributed by atoms with van der Waals surface area (Å²) < 4.78 is 11.8. The lowest BCUT2D eigenvalue weighted by atomic mass is 10.1. The SMILES string of the molecule is CCC(Oc1ccc(Cc2cnc(N)nc2N)cc1OC)c1ccccc1. The Hall–Kier alpha value is -3.28. The lowest BCUT2D eigenvalue weighted by Gasteiger charge is -2.20. The highest BCUT2D eigenvalue weighted by Gasteiger charge is 2.15. The highest BCUT2D eigenvalue weighted by molar-refractivity contribution is 5.48. The summed E-state index contributed by atoms with van der Waals surface area (Å²) in [6.07, 6.45) is 3.05. The van der Waals surface area contributed by atoms with E-state index in [1.165, 1.54) is 0 Å². The van der Waals surface area contributed by atoms with Crippen molar-refractivity contribution in [3.05, 3.63) is 71.4 Å². The van der Waals surface area contributed by atoms with Gasteiger partial charge < -0.3 is 20.9 Å². The van der Waals surface area contributed by atoms with Crippen LogP contribution in [-0.2, 0) is 6.42 Å². The molecular weight excluding hydrogens is 340 g/mol. The number of aromatic nitrogens is 2. The molecule has 140 valence electrons. The van der Waals surface area contributed by atoms with Crippen molar-refractivity contribution in [3.8, 4) is 11.5 Å². The average molecular weight is 364 g/mol. The maximum Gasteiger partial charge on any atom is 0.221 e. The van der Waals surface area contributed by atoms with E-state index < -0.39 is 0 Å². The van der Waals surface area contributed by atoms with E-state index in [-0.39, 0.29) is 12.1 Å². The molecule has 0 bridgehead atoms. The molecule has 2 aromatic carbocycles. The van der Waals surface area contributed by atoms with Gasteiger partial charge in [0.2, 0.25) is 5.95 Å². The van der Waals surface area contributed by atoms with E-state index >= 15 is 0 Å². The molecule has 4 N–H and O–H groups in total. The number of benzene rings is 2. The predicted octanol–water partition coefficient (Wildman–Crippen LogP) is 3.77. The van der Waals surface area contributed by atoms with Crippen molar-refractivity contribution in [2.45, 2.75) is 25.9 Å². The molecule has 6 heteroatoms. The first-order valence-electron chi connectivity index (χ1n) is 8.86. The van der Waals surface area contributed by atoms with Crippen molar-refractivity contribution >= 4 is 11.8 Å².